The molecule has 0 unspecified atom stereocenters. The molecule has 1 aromatic rings. The fourth-order valence-corrected chi connectivity index (χ4v) is 3.12. The van der Waals surface area contributed by atoms with Crippen molar-refractivity contribution in [1.82, 2.24) is 9.74 Å². The number of nitrogens with zero attached hydrogens (tertiary/aromatic N) is 1. The molecule has 0 spiro atoms. The van der Waals surface area contributed by atoms with E-state index in [4.69, 9.17) is 11.8 Å². The molecule has 2 heterocycles. The van der Waals surface area contributed by atoms with Crippen molar-refractivity contribution >= 4 is 17.7 Å². The van der Waals surface area contributed by atoms with Crippen LogP contribution in [-0.4, -0.2) is 29.5 Å². The molecule has 3 nitrogen and oxygen atoms in total. The lowest BCUT2D eigenvalue weighted by molar-refractivity contribution is -0.138. The molecule has 0 aromatic heterocycles. The van der Waals surface area contributed by atoms with Crippen molar-refractivity contribution in [2.24, 2.45) is 0 Å². The Kier molecular flexibility index (Phi) is 2.76. The van der Waals surface area contributed by atoms with E-state index < -0.39 is 17.6 Å². The van der Waals surface area contributed by atoms with E-state index in [2.05, 4.69) is 5.32 Å². The topological polar surface area (TPSA) is 32.3 Å². The summed E-state index contributed by atoms with van der Waals surface area (Å²) in [6.07, 6.45) is -4.53. The van der Waals surface area contributed by atoms with Crippen LogP contribution in [0.3, 0.4) is 0 Å². The standard InChI is InChI=1S/C12H10ClF3N2O/c13-18-4-7-6-2-1-3-8(12(14,15)16)10(6)11(19)17-9(7)5-18/h1-3,7,9H,4-5H2,(H,17,19)/t7-,9-/m0/s1. The van der Waals surface area contributed by atoms with Crippen LogP contribution in [0.4, 0.5) is 13.2 Å². The average Bonchev–Trinajstić information content (AvgIpc) is 2.68. The largest absolute Gasteiger partial charge is 0.417 e. The summed E-state index contributed by atoms with van der Waals surface area (Å²) in [7, 11) is 0. The SMILES string of the molecule is O=C1N[C@H]2CN(Cl)C[C@H]2c2cccc(C(F)(F)F)c21. The Morgan fingerprint density at radius 1 is 1.32 bits per heavy atom. The fraction of sp³-hybridized carbons (Fsp3) is 0.417. The van der Waals surface area contributed by atoms with Gasteiger partial charge >= 0.3 is 6.18 Å². The van der Waals surface area contributed by atoms with E-state index in [0.717, 1.165) is 6.07 Å². The van der Waals surface area contributed by atoms with Gasteiger partial charge < -0.3 is 5.32 Å². The molecule has 1 saturated heterocycles. The summed E-state index contributed by atoms with van der Waals surface area (Å²) in [5.74, 6) is -0.858. The molecule has 2 atom stereocenters. The maximum Gasteiger partial charge on any atom is 0.417 e. The van der Waals surface area contributed by atoms with Crippen molar-refractivity contribution in [3.05, 3.63) is 34.9 Å². The number of halogens is 4. The van der Waals surface area contributed by atoms with Gasteiger partial charge in [-0.25, -0.2) is 4.42 Å². The van der Waals surface area contributed by atoms with Gasteiger partial charge in [0.05, 0.1) is 17.2 Å². The van der Waals surface area contributed by atoms with Gasteiger partial charge in [-0.3, -0.25) is 4.79 Å². The van der Waals surface area contributed by atoms with Crippen molar-refractivity contribution in [1.29, 1.82) is 0 Å². The van der Waals surface area contributed by atoms with Crippen LogP contribution in [0.1, 0.15) is 27.4 Å². The van der Waals surface area contributed by atoms with Gasteiger partial charge in [-0.05, 0) is 23.4 Å². The maximum atomic E-state index is 13.0. The van der Waals surface area contributed by atoms with Crippen molar-refractivity contribution in [2.45, 2.75) is 18.1 Å². The summed E-state index contributed by atoms with van der Waals surface area (Å²) in [5.41, 5.74) is -0.705. The highest BCUT2D eigenvalue weighted by atomic mass is 35.5. The van der Waals surface area contributed by atoms with E-state index >= 15 is 0 Å². The number of hydrogen-bond donors (Lipinski definition) is 1. The van der Waals surface area contributed by atoms with E-state index in [-0.39, 0.29) is 17.5 Å². The fourth-order valence-electron chi connectivity index (χ4n) is 2.83. The molecule has 0 radical (unpaired) electrons. The molecule has 0 saturated carbocycles. The summed E-state index contributed by atoms with van der Waals surface area (Å²) in [4.78, 5) is 11.9. The summed E-state index contributed by atoms with van der Waals surface area (Å²) in [5, 5.41) is 2.61. The van der Waals surface area contributed by atoms with E-state index in [9.17, 15) is 18.0 Å². The Labute approximate surface area is 112 Å². The number of hydrogen-bond acceptors (Lipinski definition) is 2. The maximum absolute atomic E-state index is 13.0. The van der Waals surface area contributed by atoms with Crippen LogP contribution in [0.25, 0.3) is 0 Å². The smallest absolute Gasteiger partial charge is 0.347 e. The molecular formula is C12H10ClF3N2O. The zero-order valence-electron chi connectivity index (χ0n) is 9.67. The molecule has 7 heteroatoms. The second-order valence-corrected chi connectivity index (χ2v) is 5.26. The molecule has 0 aliphatic carbocycles. The monoisotopic (exact) mass is 290 g/mol. The van der Waals surface area contributed by atoms with E-state index in [1.54, 1.807) is 6.07 Å². The van der Waals surface area contributed by atoms with Gasteiger partial charge in [0.2, 0.25) is 0 Å². The van der Waals surface area contributed by atoms with Crippen LogP contribution >= 0.6 is 11.8 Å². The summed E-state index contributed by atoms with van der Waals surface area (Å²) in [6, 6.07) is 3.64. The molecule has 1 N–H and O–H groups in total. The molecule has 1 fully saturated rings. The minimum absolute atomic E-state index is 0.188. The van der Waals surface area contributed by atoms with Crippen LogP contribution in [-0.2, 0) is 6.18 Å². The Morgan fingerprint density at radius 3 is 2.74 bits per heavy atom. The van der Waals surface area contributed by atoms with Crippen molar-refractivity contribution in [3.63, 3.8) is 0 Å². The lowest BCUT2D eigenvalue weighted by Crippen LogP contribution is -2.45. The Balaban J connectivity index is 2.15. The summed E-state index contributed by atoms with van der Waals surface area (Å²) in [6.45, 7) is 0.870. The number of benzene rings is 1. The van der Waals surface area contributed by atoms with Crippen LogP contribution < -0.4 is 5.32 Å². The minimum Gasteiger partial charge on any atom is -0.347 e. The van der Waals surface area contributed by atoms with Gasteiger partial charge in [-0.2, -0.15) is 13.2 Å². The highest BCUT2D eigenvalue weighted by molar-refractivity contribution is 6.13. The third-order valence-corrected chi connectivity index (χ3v) is 3.90. The first-order valence-electron chi connectivity index (χ1n) is 5.79. The quantitative estimate of drug-likeness (QED) is 0.744. The van der Waals surface area contributed by atoms with Gasteiger partial charge in [0, 0.05) is 19.0 Å². The van der Waals surface area contributed by atoms with E-state index in [1.807, 2.05) is 0 Å². The number of alkyl halides is 3. The van der Waals surface area contributed by atoms with Gasteiger partial charge in [-0.15, -0.1) is 0 Å². The molecule has 19 heavy (non-hydrogen) atoms. The first-order chi connectivity index (χ1) is 8.88. The molecular weight excluding hydrogens is 281 g/mol. The second kappa shape index (κ2) is 4.11. The van der Waals surface area contributed by atoms with Crippen LogP contribution in [0, 0.1) is 0 Å². The number of amides is 1. The predicted molar refractivity (Wildman–Crippen MR) is 62.9 cm³/mol. The molecule has 3 rings (SSSR count). The Morgan fingerprint density at radius 2 is 2.05 bits per heavy atom. The zero-order valence-corrected chi connectivity index (χ0v) is 10.4. The Hall–Kier alpha value is -1.27. The molecule has 2 aliphatic heterocycles. The van der Waals surface area contributed by atoms with Gasteiger partial charge in [0.25, 0.3) is 5.91 Å². The molecule has 1 amide bonds. The van der Waals surface area contributed by atoms with Crippen LogP contribution in [0.15, 0.2) is 18.2 Å². The molecule has 1 aromatic carbocycles. The van der Waals surface area contributed by atoms with Gasteiger partial charge in [0.15, 0.2) is 0 Å². The second-order valence-electron chi connectivity index (χ2n) is 4.78. The molecule has 102 valence electrons. The summed E-state index contributed by atoms with van der Waals surface area (Å²) >= 11 is 5.89. The van der Waals surface area contributed by atoms with Crippen LogP contribution in [0.2, 0.25) is 0 Å². The average molecular weight is 291 g/mol. The number of carbonyl (C=O) groups is 1. The Bertz CT molecular complexity index is 546. The molecule has 2 aliphatic rings. The number of carbonyl (C=O) groups excluding carboxylic acids is 1. The normalized spacial score (nSPS) is 26.8. The number of nitrogens with one attached hydrogen (secondary N) is 1. The van der Waals surface area contributed by atoms with Crippen LogP contribution in [0.5, 0.6) is 0 Å². The highest BCUT2D eigenvalue weighted by Crippen LogP contribution is 2.40. The van der Waals surface area contributed by atoms with E-state index in [0.29, 0.717) is 18.7 Å². The van der Waals surface area contributed by atoms with Crippen molar-refractivity contribution < 1.29 is 18.0 Å². The minimum atomic E-state index is -4.53. The lowest BCUT2D eigenvalue weighted by Gasteiger charge is -2.29. The number of fused-ring (bicyclic) bond motifs is 3. The molecule has 0 bridgehead atoms. The summed E-state index contributed by atoms with van der Waals surface area (Å²) < 4.78 is 40.4. The third-order valence-electron chi connectivity index (χ3n) is 3.62. The predicted octanol–water partition coefficient (Wildman–Crippen LogP) is 2.37. The zero-order chi connectivity index (χ0) is 13.8. The van der Waals surface area contributed by atoms with E-state index in [1.165, 1.54) is 10.5 Å². The first kappa shape index (κ1) is 12.7. The highest BCUT2D eigenvalue weighted by Gasteiger charge is 2.44. The number of rotatable bonds is 0. The van der Waals surface area contributed by atoms with Crippen molar-refractivity contribution in [3.8, 4) is 0 Å². The van der Waals surface area contributed by atoms with Gasteiger partial charge in [0.1, 0.15) is 0 Å². The first-order valence-corrected chi connectivity index (χ1v) is 6.13. The van der Waals surface area contributed by atoms with Gasteiger partial charge in [-0.1, -0.05) is 12.1 Å². The lowest BCUT2D eigenvalue weighted by atomic mass is 9.84. The van der Waals surface area contributed by atoms with Crippen molar-refractivity contribution in [2.75, 3.05) is 13.1 Å². The third kappa shape index (κ3) is 1.99.